The van der Waals surface area contributed by atoms with Gasteiger partial charge in [0.05, 0.1) is 0 Å². The molecule has 1 rings (SSSR count). The molecule has 1 aromatic rings. The molecule has 0 aliphatic heterocycles. The van der Waals surface area contributed by atoms with E-state index in [4.69, 9.17) is 10.5 Å². The van der Waals surface area contributed by atoms with Gasteiger partial charge in [-0.25, -0.2) is 0 Å². The summed E-state index contributed by atoms with van der Waals surface area (Å²) in [7, 11) is -0.823. The van der Waals surface area contributed by atoms with Gasteiger partial charge < -0.3 is 10.2 Å². The third-order valence-electron chi connectivity index (χ3n) is 2.46. The molecule has 0 aliphatic rings. The van der Waals surface area contributed by atoms with E-state index in [0.29, 0.717) is 17.8 Å². The van der Waals surface area contributed by atoms with E-state index in [1.807, 2.05) is 0 Å². The summed E-state index contributed by atoms with van der Waals surface area (Å²) < 4.78 is 32.1. The van der Waals surface area contributed by atoms with E-state index in [-0.39, 0.29) is 10.5 Å². The monoisotopic (exact) mass is 306 g/mol. The number of rotatable bonds is 5. The van der Waals surface area contributed by atoms with E-state index in [9.17, 15) is 13.0 Å². The summed E-state index contributed by atoms with van der Waals surface area (Å²) in [5.41, 5.74) is 0.631. The van der Waals surface area contributed by atoms with Crippen LogP contribution in [0.2, 0.25) is 0 Å². The number of nitrogens with one attached hydrogen (secondary N) is 1. The summed E-state index contributed by atoms with van der Waals surface area (Å²) in [6.45, 7) is 0.340. The van der Waals surface area contributed by atoms with E-state index in [1.54, 1.807) is 43.3 Å². The molecule has 0 saturated heterocycles. The second kappa shape index (κ2) is 6.86. The first-order valence-corrected chi connectivity index (χ1v) is 7.24. The second-order valence-corrected chi connectivity index (χ2v) is 5.85. The lowest BCUT2D eigenvalue weighted by molar-refractivity contribution is 0.397. The number of hydrogen-bond acceptors (Lipinski definition) is 6. The van der Waals surface area contributed by atoms with E-state index in [1.165, 1.54) is 6.07 Å². The molecule has 0 amide bonds. The third kappa shape index (κ3) is 4.89. The lowest BCUT2D eigenvalue weighted by Crippen LogP contribution is -2.14. The number of nitrogens with zero attached hydrogens (tertiary/aromatic N) is 3. The van der Waals surface area contributed by atoms with Gasteiger partial charge in [0.2, 0.25) is 0 Å². The quantitative estimate of drug-likeness (QED) is 0.622. The van der Waals surface area contributed by atoms with Crippen molar-refractivity contribution in [3.8, 4) is 12.1 Å². The van der Waals surface area contributed by atoms with Crippen LogP contribution < -0.4 is 5.32 Å². The van der Waals surface area contributed by atoms with Crippen molar-refractivity contribution in [2.24, 2.45) is 0 Å². The highest BCUT2D eigenvalue weighted by atomic mass is 32.2. The summed E-state index contributed by atoms with van der Waals surface area (Å²) in [4.78, 5) is 1.55. The van der Waals surface area contributed by atoms with Gasteiger partial charge in [0.15, 0.2) is 0 Å². The fraction of sp³-hybridized carbons (Fsp3) is 0.231. The van der Waals surface area contributed by atoms with Crippen LogP contribution in [0.25, 0.3) is 0 Å². The van der Waals surface area contributed by atoms with Gasteiger partial charge in [-0.15, -0.1) is 0 Å². The van der Waals surface area contributed by atoms with Crippen LogP contribution in [0.1, 0.15) is 5.56 Å². The minimum Gasteiger partial charge on any atom is -0.360 e. The summed E-state index contributed by atoms with van der Waals surface area (Å²) in [5, 5.41) is 19.9. The van der Waals surface area contributed by atoms with Crippen molar-refractivity contribution in [1.82, 2.24) is 4.90 Å². The summed E-state index contributed by atoms with van der Waals surface area (Å²) in [5.74, 6) is 0. The Labute approximate surface area is 123 Å². The van der Waals surface area contributed by atoms with Crippen molar-refractivity contribution in [3.63, 3.8) is 0 Å². The zero-order chi connectivity index (χ0) is 16.0. The maximum absolute atomic E-state index is 11.4. The van der Waals surface area contributed by atoms with Crippen LogP contribution in [0.5, 0.6) is 0 Å². The highest BCUT2D eigenvalue weighted by molar-refractivity contribution is 7.85. The Morgan fingerprint density at radius 1 is 1.38 bits per heavy atom. The highest BCUT2D eigenvalue weighted by Crippen LogP contribution is 2.22. The van der Waals surface area contributed by atoms with Crippen LogP contribution in [-0.4, -0.2) is 32.0 Å². The average Bonchev–Trinajstić information content (AvgIpc) is 2.39. The second-order valence-electron chi connectivity index (χ2n) is 4.46. The molecule has 0 unspecified atom stereocenters. The summed E-state index contributed by atoms with van der Waals surface area (Å²) in [6.07, 6.45) is 1.16. The van der Waals surface area contributed by atoms with Gasteiger partial charge >= 0.3 is 0 Å². The molecule has 0 bridgehead atoms. The molecule has 0 radical (unpaired) electrons. The minimum atomic E-state index is -4.37. The smallest absolute Gasteiger partial charge is 0.294 e. The lowest BCUT2D eigenvalue weighted by Gasteiger charge is -2.14. The van der Waals surface area contributed by atoms with E-state index in [0.717, 1.165) is 6.20 Å². The summed E-state index contributed by atoms with van der Waals surface area (Å²) >= 11 is 0. The molecule has 0 aromatic heterocycles. The predicted molar refractivity (Wildman–Crippen MR) is 76.6 cm³/mol. The van der Waals surface area contributed by atoms with Crippen molar-refractivity contribution in [2.45, 2.75) is 11.4 Å². The Balaban J connectivity index is 3.21. The highest BCUT2D eigenvalue weighted by Gasteiger charge is 2.16. The Hall–Kier alpha value is -2.39. The first-order valence-electron chi connectivity index (χ1n) is 5.80. The number of anilines is 1. The number of nitriles is 2. The standard InChI is InChI=1S/C13H14N4O3S/c1-17(2)9-11-3-4-12(5-13(11)21(18,19)20)16-8-10(6-14)7-15/h3-5,8,16H,9H2,1-2H3,(H,18,19,20). The van der Waals surface area contributed by atoms with E-state index < -0.39 is 10.1 Å². The molecule has 2 N–H and O–H groups in total. The molecule has 0 atom stereocenters. The third-order valence-corrected chi connectivity index (χ3v) is 3.39. The van der Waals surface area contributed by atoms with Gasteiger partial charge in [0.25, 0.3) is 10.1 Å². The molecule has 0 spiro atoms. The molecule has 0 saturated carbocycles. The molecular formula is C13H14N4O3S. The van der Waals surface area contributed by atoms with Gasteiger partial charge in [0, 0.05) is 18.4 Å². The molecule has 8 heteroatoms. The molecule has 0 aliphatic carbocycles. The average molecular weight is 306 g/mol. The maximum Gasteiger partial charge on any atom is 0.294 e. The van der Waals surface area contributed by atoms with Crippen LogP contribution in [0, 0.1) is 22.7 Å². The van der Waals surface area contributed by atoms with Crippen LogP contribution in [-0.2, 0) is 16.7 Å². The van der Waals surface area contributed by atoms with Crippen molar-refractivity contribution < 1.29 is 13.0 Å². The molecule has 21 heavy (non-hydrogen) atoms. The SMILES string of the molecule is CN(C)Cc1ccc(NC=C(C#N)C#N)cc1S(=O)(=O)O. The molecule has 0 heterocycles. The van der Waals surface area contributed by atoms with Crippen LogP contribution in [0.15, 0.2) is 34.9 Å². The fourth-order valence-corrected chi connectivity index (χ4v) is 2.34. The molecule has 0 fully saturated rings. The zero-order valence-electron chi connectivity index (χ0n) is 11.5. The molecule has 1 aromatic carbocycles. The van der Waals surface area contributed by atoms with Gasteiger partial charge in [-0.1, -0.05) is 6.07 Å². The first-order chi connectivity index (χ1) is 9.77. The molecular weight excluding hydrogens is 292 g/mol. The Morgan fingerprint density at radius 3 is 2.48 bits per heavy atom. The lowest BCUT2D eigenvalue weighted by atomic mass is 10.2. The zero-order valence-corrected chi connectivity index (χ0v) is 12.3. The minimum absolute atomic E-state index is 0.152. The van der Waals surface area contributed by atoms with Gasteiger partial charge in [0.1, 0.15) is 22.6 Å². The van der Waals surface area contributed by atoms with Crippen molar-refractivity contribution >= 4 is 15.8 Å². The topological polar surface area (TPSA) is 117 Å². The van der Waals surface area contributed by atoms with Crippen LogP contribution in [0.3, 0.4) is 0 Å². The molecule has 110 valence electrons. The Morgan fingerprint density at radius 2 is 2.00 bits per heavy atom. The normalized spacial score (nSPS) is 10.6. The molecule has 7 nitrogen and oxygen atoms in total. The van der Waals surface area contributed by atoms with Crippen LogP contribution >= 0.6 is 0 Å². The Bertz CT molecular complexity index is 724. The van der Waals surface area contributed by atoms with Crippen molar-refractivity contribution in [3.05, 3.63) is 35.5 Å². The van der Waals surface area contributed by atoms with Gasteiger partial charge in [-0.2, -0.15) is 18.9 Å². The largest absolute Gasteiger partial charge is 0.360 e. The van der Waals surface area contributed by atoms with Gasteiger partial charge in [-0.05, 0) is 31.8 Å². The first kappa shape index (κ1) is 16.7. The van der Waals surface area contributed by atoms with Gasteiger partial charge in [-0.3, -0.25) is 4.55 Å². The number of hydrogen-bond donors (Lipinski definition) is 2. The van der Waals surface area contributed by atoms with Crippen molar-refractivity contribution in [2.75, 3.05) is 19.4 Å². The predicted octanol–water partition coefficient (Wildman–Crippen LogP) is 1.34. The Kier molecular flexibility index (Phi) is 5.44. The number of allylic oxidation sites excluding steroid dienone is 1. The van der Waals surface area contributed by atoms with E-state index in [2.05, 4.69) is 5.32 Å². The maximum atomic E-state index is 11.4. The van der Waals surface area contributed by atoms with Crippen molar-refractivity contribution in [1.29, 1.82) is 10.5 Å². The fourth-order valence-electron chi connectivity index (χ4n) is 1.60. The summed E-state index contributed by atoms with van der Waals surface area (Å²) in [6, 6.07) is 7.73. The van der Waals surface area contributed by atoms with Crippen LogP contribution in [0.4, 0.5) is 5.69 Å². The number of benzene rings is 1. The van der Waals surface area contributed by atoms with E-state index >= 15 is 0 Å².